The first kappa shape index (κ1) is 39.9. The first-order valence-electron chi connectivity index (χ1n) is 19.8. The third-order valence-corrected chi connectivity index (χ3v) is 14.4. The maximum atomic E-state index is 16.8. The molecule has 1 aromatic carbocycles. The fourth-order valence-electron chi connectivity index (χ4n) is 8.49. The Bertz CT molecular complexity index is 2070. The normalized spacial score (nSPS) is 30.5. The van der Waals surface area contributed by atoms with Crippen LogP contribution in [-0.2, 0) is 33.9 Å². The summed E-state index contributed by atoms with van der Waals surface area (Å²) in [6, 6.07) is 3.98. The number of carbonyl (C=O) groups excluding carboxylic acids is 4. The fourth-order valence-corrected chi connectivity index (χ4v) is 9.80. The molecule has 7 rings (SSSR count). The quantitative estimate of drug-likeness (QED) is 0.265. The Morgan fingerprint density at radius 2 is 1.91 bits per heavy atom. The van der Waals surface area contributed by atoms with Crippen LogP contribution in [-0.4, -0.2) is 84.2 Å². The number of esters is 1. The Labute approximate surface area is 327 Å². The number of hydrogen-bond donors (Lipinski definition) is 2. The van der Waals surface area contributed by atoms with Crippen LogP contribution in [0.3, 0.4) is 0 Å². The largest absolute Gasteiger partial charge is 0.497 e. The van der Waals surface area contributed by atoms with Crippen LogP contribution >= 0.6 is 0 Å². The second kappa shape index (κ2) is 14.9. The van der Waals surface area contributed by atoms with Crippen molar-refractivity contribution in [2.75, 3.05) is 20.3 Å². The molecule has 2 aliphatic carbocycles. The number of alkyl halides is 1. The van der Waals surface area contributed by atoms with Gasteiger partial charge in [0.05, 0.1) is 42.6 Å². The molecule has 0 bridgehead atoms. The van der Waals surface area contributed by atoms with Gasteiger partial charge in [0.25, 0.3) is 5.91 Å². The van der Waals surface area contributed by atoms with Crippen molar-refractivity contribution in [1.29, 1.82) is 0 Å². The monoisotopic (exact) mass is 796 g/mol. The summed E-state index contributed by atoms with van der Waals surface area (Å²) in [6.07, 6.45) is 6.00. The maximum absolute atomic E-state index is 16.8. The number of rotatable bonds is 8. The van der Waals surface area contributed by atoms with Crippen LogP contribution in [0.5, 0.6) is 11.5 Å². The summed E-state index contributed by atoms with van der Waals surface area (Å²) in [5, 5.41) is 3.42. The van der Waals surface area contributed by atoms with E-state index in [4.69, 9.17) is 14.2 Å². The number of pyridine rings is 1. The molecule has 0 unspecified atom stereocenters. The fraction of sp³-hybridized carbons (Fsp3) is 0.634. The van der Waals surface area contributed by atoms with E-state index in [-0.39, 0.29) is 50.5 Å². The molecule has 3 amide bonds. The van der Waals surface area contributed by atoms with Gasteiger partial charge < -0.3 is 24.4 Å². The molecule has 5 aliphatic rings. The van der Waals surface area contributed by atoms with Gasteiger partial charge in [-0.25, -0.2) is 17.8 Å². The zero-order valence-electron chi connectivity index (χ0n) is 32.8. The number of aromatic nitrogens is 1. The lowest BCUT2D eigenvalue weighted by Gasteiger charge is -2.38. The molecule has 56 heavy (non-hydrogen) atoms. The molecule has 2 aromatic rings. The van der Waals surface area contributed by atoms with Crippen molar-refractivity contribution in [3.63, 3.8) is 0 Å². The maximum Gasteiger partial charge on any atom is 0.306 e. The van der Waals surface area contributed by atoms with Crippen molar-refractivity contribution in [3.05, 3.63) is 41.6 Å². The molecule has 13 nitrogen and oxygen atoms in total. The van der Waals surface area contributed by atoms with Gasteiger partial charge in [-0.2, -0.15) is 0 Å². The van der Waals surface area contributed by atoms with E-state index in [0.29, 0.717) is 60.0 Å². The Kier molecular flexibility index (Phi) is 10.6. The van der Waals surface area contributed by atoms with E-state index >= 15 is 4.39 Å². The highest BCUT2D eigenvalue weighted by molar-refractivity contribution is 7.91. The van der Waals surface area contributed by atoms with E-state index in [2.05, 4.69) is 15.0 Å². The molecule has 2 N–H and O–H groups in total. The Morgan fingerprint density at radius 1 is 1.14 bits per heavy atom. The first-order valence-corrected chi connectivity index (χ1v) is 21.3. The summed E-state index contributed by atoms with van der Waals surface area (Å²) in [5.74, 6) is -2.95. The Balaban J connectivity index is 1.25. The first-order chi connectivity index (χ1) is 26.5. The van der Waals surface area contributed by atoms with Gasteiger partial charge in [0.2, 0.25) is 21.8 Å². The highest BCUT2D eigenvalue weighted by Gasteiger charge is 2.64. The Morgan fingerprint density at radius 3 is 2.62 bits per heavy atom. The van der Waals surface area contributed by atoms with Crippen molar-refractivity contribution < 1.29 is 46.2 Å². The van der Waals surface area contributed by atoms with Crippen LogP contribution in [0.1, 0.15) is 109 Å². The van der Waals surface area contributed by atoms with Crippen LogP contribution < -0.4 is 19.5 Å². The number of amides is 3. The number of hydrogen-bond acceptors (Lipinski definition) is 10. The summed E-state index contributed by atoms with van der Waals surface area (Å²) >= 11 is 0. The number of aryl methyl sites for hydroxylation is 1. The highest BCUT2D eigenvalue weighted by Crippen LogP contribution is 2.52. The van der Waals surface area contributed by atoms with Gasteiger partial charge in [-0.1, -0.05) is 38.8 Å². The molecule has 4 heterocycles. The van der Waals surface area contributed by atoms with Crippen molar-refractivity contribution >= 4 is 44.6 Å². The molecule has 304 valence electrons. The number of halogens is 1. The summed E-state index contributed by atoms with van der Waals surface area (Å²) in [5.41, 5.74) is -1.60. The second-order valence-electron chi connectivity index (χ2n) is 17.2. The van der Waals surface area contributed by atoms with E-state index in [1.54, 1.807) is 32.0 Å². The number of carbonyl (C=O) groups is 4. The lowest BCUT2D eigenvalue weighted by Crippen LogP contribution is -2.57. The van der Waals surface area contributed by atoms with Crippen molar-refractivity contribution in [2.45, 2.75) is 126 Å². The molecular weight excluding hydrogens is 744 g/mol. The van der Waals surface area contributed by atoms with Gasteiger partial charge in [-0.3, -0.25) is 23.9 Å². The van der Waals surface area contributed by atoms with Gasteiger partial charge in [0.1, 0.15) is 34.9 Å². The molecule has 0 radical (unpaired) electrons. The molecule has 3 fully saturated rings. The number of fused-ring (bicyclic) bond motifs is 5. The highest BCUT2D eigenvalue weighted by atomic mass is 32.2. The van der Waals surface area contributed by atoms with Crippen LogP contribution in [0.25, 0.3) is 10.9 Å². The molecule has 1 spiro atoms. The number of ether oxygens (including phenoxy) is 3. The van der Waals surface area contributed by atoms with Gasteiger partial charge >= 0.3 is 5.97 Å². The minimum Gasteiger partial charge on any atom is -0.497 e. The molecule has 1 saturated heterocycles. The van der Waals surface area contributed by atoms with Crippen LogP contribution in [0, 0.1) is 24.7 Å². The molecule has 15 heteroatoms. The predicted octanol–water partition coefficient (Wildman–Crippen LogP) is 5.28. The zero-order chi connectivity index (χ0) is 40.2. The van der Waals surface area contributed by atoms with Crippen molar-refractivity contribution in [1.82, 2.24) is 19.9 Å². The SMILES string of the molecule is COc1ccc2nc(C)c3c(c2c1)[C@H](F)C[C@]1(C[C@H]2C(=O)N[C@]4(C(=O)NS(=O)(=O)C5(C)CC5)C[C@H]4/C=C\CCCCC[C@H](CC(=O)OCC(C)C)C(=O)N2C1)O3. The van der Waals surface area contributed by atoms with E-state index in [1.165, 1.54) is 12.0 Å². The third kappa shape index (κ3) is 7.59. The Hall–Kier alpha value is -4.27. The van der Waals surface area contributed by atoms with E-state index in [0.717, 1.165) is 12.8 Å². The standard InChI is InChI=1S/C41H53FN4O9S/c1-24(2)22-54-33(47)17-26-11-9-7-6-8-10-12-27-19-41(27,38(50)45-56(51,52)39(4)15-16-39)44-36(48)32-21-40(23-46(32)37(26)49)20-30(42)34-29-18-28(53-5)13-14-31(29)43-25(3)35(34)55-40/h10,12-14,18,24,26-27,30,32H,6-9,11,15-17,19-23H2,1-5H3,(H,44,48)(H,45,50)/b12-10-/t26-,27-,30-,32+,40-,41-/m1/s1. The number of benzene rings is 1. The molecule has 1 aromatic heterocycles. The average molecular weight is 797 g/mol. The molecular formula is C41H53FN4O9S. The van der Waals surface area contributed by atoms with Crippen molar-refractivity contribution in [3.8, 4) is 11.5 Å². The number of allylic oxidation sites excluding steroid dienone is 1. The van der Waals surface area contributed by atoms with E-state index < -0.39 is 73.7 Å². The lowest BCUT2D eigenvalue weighted by molar-refractivity contribution is -0.151. The predicted molar refractivity (Wildman–Crippen MR) is 205 cm³/mol. The molecule has 2 saturated carbocycles. The lowest BCUT2D eigenvalue weighted by atomic mass is 9.86. The van der Waals surface area contributed by atoms with Crippen molar-refractivity contribution in [2.24, 2.45) is 17.8 Å². The summed E-state index contributed by atoms with van der Waals surface area (Å²) in [4.78, 5) is 62.5. The summed E-state index contributed by atoms with van der Waals surface area (Å²) < 4.78 is 62.0. The smallest absolute Gasteiger partial charge is 0.306 e. The number of nitrogens with zero attached hydrogens (tertiary/aromatic N) is 2. The minimum atomic E-state index is -4.03. The van der Waals surface area contributed by atoms with Gasteiger partial charge in [-0.15, -0.1) is 0 Å². The van der Waals surface area contributed by atoms with Gasteiger partial charge in [0.15, 0.2) is 0 Å². The molecule has 6 atom stereocenters. The second-order valence-corrected chi connectivity index (χ2v) is 19.4. The van der Waals surface area contributed by atoms with E-state index in [9.17, 15) is 27.6 Å². The minimum absolute atomic E-state index is 0.0937. The summed E-state index contributed by atoms with van der Waals surface area (Å²) in [7, 11) is -2.50. The number of nitrogens with one attached hydrogen (secondary N) is 2. The van der Waals surface area contributed by atoms with Crippen LogP contribution in [0.4, 0.5) is 4.39 Å². The van der Waals surface area contributed by atoms with Crippen LogP contribution in [0.2, 0.25) is 0 Å². The van der Waals surface area contributed by atoms with Crippen LogP contribution in [0.15, 0.2) is 30.4 Å². The van der Waals surface area contributed by atoms with Gasteiger partial charge in [-0.05, 0) is 76.5 Å². The topological polar surface area (TPSA) is 170 Å². The average Bonchev–Trinajstić information content (AvgIpc) is 4.04. The van der Waals surface area contributed by atoms with Gasteiger partial charge in [0, 0.05) is 35.6 Å². The summed E-state index contributed by atoms with van der Waals surface area (Å²) in [6.45, 7) is 7.17. The number of methoxy groups -OCH3 is 1. The molecule has 3 aliphatic heterocycles. The third-order valence-electron chi connectivity index (χ3n) is 12.3. The zero-order valence-corrected chi connectivity index (χ0v) is 33.6. The van der Waals surface area contributed by atoms with E-state index in [1.807, 2.05) is 26.0 Å². The number of sulfonamides is 1.